The van der Waals surface area contributed by atoms with Crippen molar-refractivity contribution in [3.8, 4) is 30.9 Å². The molecular formula is C54H44N2S2. The highest BCUT2D eigenvalue weighted by Gasteiger charge is 2.25. The summed E-state index contributed by atoms with van der Waals surface area (Å²) < 4.78 is 4.91. The first kappa shape index (κ1) is 35.2. The zero-order valence-electron chi connectivity index (χ0n) is 33.7. The summed E-state index contributed by atoms with van der Waals surface area (Å²) in [5, 5.41) is 12.8. The molecule has 0 saturated heterocycles. The number of hydrogen-bond donors (Lipinski definition) is 0. The molecule has 11 aromatic rings. The number of para-hydroxylation sites is 4. The van der Waals surface area contributed by atoms with Crippen molar-refractivity contribution in [2.24, 2.45) is 0 Å². The van der Waals surface area contributed by atoms with E-state index >= 15 is 0 Å². The summed E-state index contributed by atoms with van der Waals surface area (Å²) in [6.07, 6.45) is 0. The van der Waals surface area contributed by atoms with Gasteiger partial charge in [0.05, 0.1) is 22.1 Å². The topological polar surface area (TPSA) is 9.86 Å². The second-order valence-electron chi connectivity index (χ2n) is 17.8. The average Bonchev–Trinajstić information content (AvgIpc) is 4.02. The maximum Gasteiger partial charge on any atom is 0.101 e. The van der Waals surface area contributed by atoms with Gasteiger partial charge in [-0.1, -0.05) is 139 Å². The summed E-state index contributed by atoms with van der Waals surface area (Å²) in [5.41, 5.74) is 10.3. The van der Waals surface area contributed by atoms with Gasteiger partial charge in [-0.2, -0.15) is 0 Å². The van der Waals surface area contributed by atoms with Crippen molar-refractivity contribution in [3.05, 3.63) is 169 Å². The third kappa shape index (κ3) is 5.35. The first-order valence-electron chi connectivity index (χ1n) is 20.3. The lowest BCUT2D eigenvalue weighted by Crippen LogP contribution is -2.11. The summed E-state index contributed by atoms with van der Waals surface area (Å²) in [4.78, 5) is 2.57. The highest BCUT2D eigenvalue weighted by Crippen LogP contribution is 2.50. The van der Waals surface area contributed by atoms with Crippen LogP contribution in [0.1, 0.15) is 52.7 Å². The Morgan fingerprint density at radius 1 is 0.328 bits per heavy atom. The molecule has 2 nitrogen and oxygen atoms in total. The molecule has 11 rings (SSSR count). The standard InChI is InChI=1S/C54H44N2S2/c1-53(2,3)33-23-25-39-41(31-33)51(47-27-29-49(57-47)55-43-19-11-7-15-35(43)36-16-8-12-20-44(36)55)40-26-24-34(54(4,5)6)32-42(40)52(39)48-28-30-50(58-48)56-45-21-13-9-17-37(45)38-18-10-14-22-46(38)56/h7-32H,1-6H3. The predicted octanol–water partition coefficient (Wildman–Crippen LogP) is 16.2. The SMILES string of the molecule is CC(C)(C)c1ccc2c(-c3ccc(-n4c5ccccc5c5ccccc54)s3)c3cc(C(C)(C)C)ccc3c(-c3ccc(-n4c5ccccc5c5ccccc54)s3)c2c1. The Kier molecular flexibility index (Phi) is 7.77. The molecule has 4 heterocycles. The minimum absolute atomic E-state index is 0.00705. The second-order valence-corrected chi connectivity index (χ2v) is 19.9. The van der Waals surface area contributed by atoms with Crippen LogP contribution in [-0.4, -0.2) is 9.13 Å². The number of aromatic nitrogens is 2. The normalized spacial score (nSPS) is 12.7. The molecule has 0 fully saturated rings. The lowest BCUT2D eigenvalue weighted by Gasteiger charge is -2.24. The van der Waals surface area contributed by atoms with Crippen molar-refractivity contribution < 1.29 is 0 Å². The Bertz CT molecular complexity index is 3090. The van der Waals surface area contributed by atoms with Crippen LogP contribution < -0.4 is 0 Å². The maximum absolute atomic E-state index is 2.49. The maximum atomic E-state index is 2.49. The van der Waals surface area contributed by atoms with Gasteiger partial charge in [-0.05, 0) is 104 Å². The van der Waals surface area contributed by atoms with Gasteiger partial charge >= 0.3 is 0 Å². The van der Waals surface area contributed by atoms with Crippen molar-refractivity contribution in [1.82, 2.24) is 9.13 Å². The lowest BCUT2D eigenvalue weighted by atomic mass is 9.81. The van der Waals surface area contributed by atoms with Crippen LogP contribution >= 0.6 is 22.7 Å². The monoisotopic (exact) mass is 784 g/mol. The van der Waals surface area contributed by atoms with E-state index in [1.54, 1.807) is 0 Å². The van der Waals surface area contributed by atoms with Crippen LogP contribution in [0.4, 0.5) is 0 Å². The Balaban J connectivity index is 1.20. The third-order valence-corrected chi connectivity index (χ3v) is 14.3. The number of hydrogen-bond acceptors (Lipinski definition) is 2. The lowest BCUT2D eigenvalue weighted by molar-refractivity contribution is 0.590. The molecule has 0 bridgehead atoms. The first-order chi connectivity index (χ1) is 28.0. The molecule has 0 unspecified atom stereocenters. The van der Waals surface area contributed by atoms with Gasteiger partial charge in [0.15, 0.2) is 0 Å². The highest BCUT2D eigenvalue weighted by atomic mass is 32.1. The van der Waals surface area contributed by atoms with Crippen molar-refractivity contribution in [1.29, 1.82) is 0 Å². The molecule has 0 N–H and O–H groups in total. The average molecular weight is 785 g/mol. The summed E-state index contributed by atoms with van der Waals surface area (Å²) in [6.45, 7) is 14.0. The number of fused-ring (bicyclic) bond motifs is 8. The third-order valence-electron chi connectivity index (χ3n) is 12.1. The molecule has 0 spiro atoms. The Hall–Kier alpha value is -5.94. The fraction of sp³-hybridized carbons (Fsp3) is 0.148. The number of benzene rings is 7. The molecule has 0 aliphatic heterocycles. The Morgan fingerprint density at radius 3 is 0.983 bits per heavy atom. The van der Waals surface area contributed by atoms with Crippen LogP contribution in [-0.2, 0) is 10.8 Å². The zero-order valence-corrected chi connectivity index (χ0v) is 35.4. The molecule has 0 aliphatic carbocycles. The Morgan fingerprint density at radius 2 is 0.655 bits per heavy atom. The van der Waals surface area contributed by atoms with Crippen molar-refractivity contribution >= 4 is 87.8 Å². The highest BCUT2D eigenvalue weighted by molar-refractivity contribution is 7.18. The molecule has 0 saturated carbocycles. The van der Waals surface area contributed by atoms with Gasteiger partial charge in [-0.25, -0.2) is 0 Å². The molecule has 4 aromatic heterocycles. The van der Waals surface area contributed by atoms with E-state index in [1.807, 2.05) is 22.7 Å². The van der Waals surface area contributed by atoms with Crippen LogP contribution in [0.15, 0.2) is 158 Å². The molecule has 7 aromatic carbocycles. The van der Waals surface area contributed by atoms with E-state index < -0.39 is 0 Å². The Labute approximate surface area is 347 Å². The molecule has 0 radical (unpaired) electrons. The van der Waals surface area contributed by atoms with E-state index in [0.717, 1.165) is 0 Å². The molecule has 0 amide bonds. The van der Waals surface area contributed by atoms with Gasteiger partial charge in [0.25, 0.3) is 0 Å². The van der Waals surface area contributed by atoms with E-state index in [9.17, 15) is 0 Å². The van der Waals surface area contributed by atoms with Crippen LogP contribution in [0.25, 0.3) is 96.0 Å². The van der Waals surface area contributed by atoms with Gasteiger partial charge < -0.3 is 9.13 Å². The fourth-order valence-corrected chi connectivity index (χ4v) is 11.4. The zero-order chi connectivity index (χ0) is 39.5. The van der Waals surface area contributed by atoms with E-state index in [4.69, 9.17) is 0 Å². The predicted molar refractivity (Wildman–Crippen MR) is 254 cm³/mol. The van der Waals surface area contributed by atoms with Crippen LogP contribution in [0.2, 0.25) is 0 Å². The largest absolute Gasteiger partial charge is 0.301 e. The summed E-state index contributed by atoms with van der Waals surface area (Å²) >= 11 is 3.79. The molecular weight excluding hydrogens is 741 g/mol. The van der Waals surface area contributed by atoms with Gasteiger partial charge in [-0.15, -0.1) is 22.7 Å². The number of thiophene rings is 2. The molecule has 0 atom stereocenters. The molecule has 58 heavy (non-hydrogen) atoms. The molecule has 4 heteroatoms. The minimum atomic E-state index is -0.00705. The first-order valence-corrected chi connectivity index (χ1v) is 21.9. The summed E-state index contributed by atoms with van der Waals surface area (Å²) in [7, 11) is 0. The minimum Gasteiger partial charge on any atom is -0.301 e. The van der Waals surface area contributed by atoms with Crippen molar-refractivity contribution in [2.75, 3.05) is 0 Å². The quantitative estimate of drug-likeness (QED) is 0.157. The molecule has 0 aliphatic rings. The van der Waals surface area contributed by atoms with Crippen LogP contribution in [0, 0.1) is 0 Å². The van der Waals surface area contributed by atoms with E-state index in [-0.39, 0.29) is 10.8 Å². The smallest absolute Gasteiger partial charge is 0.101 e. The van der Waals surface area contributed by atoms with Crippen molar-refractivity contribution in [3.63, 3.8) is 0 Å². The van der Waals surface area contributed by atoms with Gasteiger partial charge in [0, 0.05) is 42.4 Å². The van der Waals surface area contributed by atoms with E-state index in [2.05, 4.69) is 208 Å². The van der Waals surface area contributed by atoms with Crippen LogP contribution in [0.3, 0.4) is 0 Å². The number of nitrogens with zero attached hydrogens (tertiary/aromatic N) is 2. The van der Waals surface area contributed by atoms with Crippen LogP contribution in [0.5, 0.6) is 0 Å². The summed E-state index contributed by atoms with van der Waals surface area (Å²) in [5.74, 6) is 0. The fourth-order valence-electron chi connectivity index (χ4n) is 9.18. The summed E-state index contributed by atoms with van der Waals surface area (Å²) in [6, 6.07) is 59.2. The van der Waals surface area contributed by atoms with Gasteiger partial charge in [-0.3, -0.25) is 0 Å². The van der Waals surface area contributed by atoms with E-state index in [1.165, 1.54) is 107 Å². The number of rotatable bonds is 4. The van der Waals surface area contributed by atoms with Crippen molar-refractivity contribution in [2.45, 2.75) is 52.4 Å². The molecule has 282 valence electrons. The van der Waals surface area contributed by atoms with Gasteiger partial charge in [0.1, 0.15) is 10.0 Å². The van der Waals surface area contributed by atoms with E-state index in [0.29, 0.717) is 0 Å². The van der Waals surface area contributed by atoms with Gasteiger partial charge in [0.2, 0.25) is 0 Å². The second kappa shape index (κ2) is 12.8.